The number of rotatable bonds is 6. The lowest BCUT2D eigenvalue weighted by Gasteiger charge is -2.40. The van der Waals surface area contributed by atoms with Crippen LogP contribution in [-0.2, 0) is 6.42 Å². The summed E-state index contributed by atoms with van der Waals surface area (Å²) in [7, 11) is 0. The number of pyridine rings is 1. The minimum Gasteiger partial charge on any atom is -0.366 e. The van der Waals surface area contributed by atoms with Gasteiger partial charge >= 0.3 is 0 Å². The van der Waals surface area contributed by atoms with Crippen molar-refractivity contribution in [2.45, 2.75) is 32.7 Å². The average Bonchev–Trinajstić information content (AvgIpc) is 2.71. The molecule has 0 aromatic carbocycles. The number of hydrogen-bond acceptors (Lipinski definition) is 5. The third-order valence-electron chi connectivity index (χ3n) is 5.08. The van der Waals surface area contributed by atoms with Crippen LogP contribution in [-0.4, -0.2) is 45.6 Å². The van der Waals surface area contributed by atoms with E-state index in [1.807, 2.05) is 12.3 Å². The Bertz CT molecular complexity index is 841. The van der Waals surface area contributed by atoms with Crippen LogP contribution >= 0.6 is 40.0 Å². The molecule has 27 heavy (non-hydrogen) atoms. The first-order valence-electron chi connectivity index (χ1n) is 9.17. The third-order valence-corrected chi connectivity index (χ3v) is 7.29. The second-order valence-corrected chi connectivity index (χ2v) is 8.90. The molecule has 6 nitrogen and oxygen atoms in total. The van der Waals surface area contributed by atoms with Crippen LogP contribution < -0.4 is 10.5 Å². The van der Waals surface area contributed by atoms with Crippen molar-refractivity contribution < 1.29 is 0 Å². The van der Waals surface area contributed by atoms with Gasteiger partial charge in [0.05, 0.1) is 18.3 Å². The van der Waals surface area contributed by atoms with Crippen molar-refractivity contribution in [3.8, 4) is 0 Å². The van der Waals surface area contributed by atoms with E-state index in [2.05, 4.69) is 61.8 Å². The van der Waals surface area contributed by atoms with Crippen molar-refractivity contribution in [3.05, 3.63) is 51.2 Å². The van der Waals surface area contributed by atoms with Gasteiger partial charge in [-0.3, -0.25) is 14.7 Å². The SMILES string of the molecule is CCc1ncccc1C(CC)N1CCN(c2cnn(PI)c(=O)c2Cl)CC1. The topological polar surface area (TPSA) is 54.3 Å². The molecule has 146 valence electrons. The Morgan fingerprint density at radius 3 is 2.67 bits per heavy atom. The first kappa shape index (κ1) is 21.0. The van der Waals surface area contributed by atoms with Gasteiger partial charge in [0.15, 0.2) is 0 Å². The Labute approximate surface area is 179 Å². The molecule has 2 unspecified atom stereocenters. The smallest absolute Gasteiger partial charge is 0.291 e. The maximum atomic E-state index is 12.3. The fourth-order valence-electron chi connectivity index (χ4n) is 3.70. The molecule has 0 bridgehead atoms. The number of nitrogens with zero attached hydrogens (tertiary/aromatic N) is 5. The monoisotopic (exact) mass is 519 g/mol. The van der Waals surface area contributed by atoms with E-state index in [1.54, 1.807) is 6.20 Å². The number of halogens is 2. The zero-order chi connectivity index (χ0) is 19.4. The first-order valence-corrected chi connectivity index (χ1v) is 13.6. The van der Waals surface area contributed by atoms with Gasteiger partial charge in [-0.1, -0.05) is 31.5 Å². The molecule has 2 atom stereocenters. The summed E-state index contributed by atoms with van der Waals surface area (Å²) in [5.41, 5.74) is 3.05. The lowest BCUT2D eigenvalue weighted by Crippen LogP contribution is -2.48. The maximum absolute atomic E-state index is 12.3. The molecule has 0 spiro atoms. The van der Waals surface area contributed by atoms with Crippen LogP contribution in [0.2, 0.25) is 5.02 Å². The van der Waals surface area contributed by atoms with E-state index in [0.717, 1.165) is 44.7 Å². The molecule has 1 saturated heterocycles. The van der Waals surface area contributed by atoms with Crippen molar-refractivity contribution >= 4 is 45.7 Å². The summed E-state index contributed by atoms with van der Waals surface area (Å²) in [4.78, 5) is 21.5. The summed E-state index contributed by atoms with van der Waals surface area (Å²) in [6, 6.07) is 4.61. The number of aryl methyl sites for hydroxylation is 1. The number of aromatic nitrogens is 3. The largest absolute Gasteiger partial charge is 0.366 e. The average molecular weight is 520 g/mol. The van der Waals surface area contributed by atoms with Gasteiger partial charge in [0.2, 0.25) is 0 Å². The molecule has 1 aliphatic rings. The Kier molecular flexibility index (Phi) is 7.48. The zero-order valence-corrected chi connectivity index (χ0v) is 19.4. The summed E-state index contributed by atoms with van der Waals surface area (Å²) in [5.74, 6) is 0. The van der Waals surface area contributed by atoms with Crippen LogP contribution in [0, 0.1) is 0 Å². The highest BCUT2D eigenvalue weighted by Crippen LogP contribution is 2.30. The third kappa shape index (κ3) is 4.47. The predicted octanol–water partition coefficient (Wildman–Crippen LogP) is 3.92. The van der Waals surface area contributed by atoms with Gasteiger partial charge in [0.1, 0.15) is 5.02 Å². The molecule has 0 radical (unpaired) electrons. The second-order valence-electron chi connectivity index (χ2n) is 6.49. The molecule has 0 saturated carbocycles. The fourth-order valence-corrected chi connectivity index (χ4v) is 5.34. The minimum absolute atomic E-state index is 0.210. The molecule has 2 aromatic rings. The highest BCUT2D eigenvalue weighted by Gasteiger charge is 2.27. The molecule has 1 fully saturated rings. The number of anilines is 1. The molecule has 0 amide bonds. The first-order chi connectivity index (χ1) is 13.1. The Hall–Kier alpha value is -0.760. The second kappa shape index (κ2) is 9.63. The van der Waals surface area contributed by atoms with E-state index in [4.69, 9.17) is 11.6 Å². The van der Waals surface area contributed by atoms with E-state index in [9.17, 15) is 4.79 Å². The van der Waals surface area contributed by atoms with Crippen LogP contribution in [0.5, 0.6) is 0 Å². The Morgan fingerprint density at radius 2 is 2.04 bits per heavy atom. The van der Waals surface area contributed by atoms with Crippen LogP contribution in [0.1, 0.15) is 37.6 Å². The molecular formula is C18H24ClIN5OP. The van der Waals surface area contributed by atoms with Crippen molar-refractivity contribution in [2.75, 3.05) is 31.1 Å². The zero-order valence-electron chi connectivity index (χ0n) is 15.5. The summed E-state index contributed by atoms with van der Waals surface area (Å²) < 4.78 is 1.41. The van der Waals surface area contributed by atoms with Crippen LogP contribution in [0.15, 0.2) is 29.3 Å². The quantitative estimate of drug-likeness (QED) is 0.428. The van der Waals surface area contributed by atoms with Crippen LogP contribution in [0.25, 0.3) is 0 Å². The minimum atomic E-state index is -0.210. The summed E-state index contributed by atoms with van der Waals surface area (Å²) in [6.07, 6.45) is 5.84. The standard InChI is InChI=1S/C18H24ClIN5OP/c1-3-14-13(6-5-7-21-14)15(4-2)23-8-10-24(11-9-23)16-12-22-25(27-20)18(26)17(16)19/h5-7,12,15,27H,3-4,8-11H2,1-2H3. The highest BCUT2D eigenvalue weighted by atomic mass is 127. The predicted molar refractivity (Wildman–Crippen MR) is 122 cm³/mol. The van der Waals surface area contributed by atoms with Gasteiger partial charge in [-0.15, -0.1) is 0 Å². The summed E-state index contributed by atoms with van der Waals surface area (Å²) in [6.45, 7) is 7.89. The van der Waals surface area contributed by atoms with Crippen molar-refractivity contribution in [3.63, 3.8) is 0 Å². The van der Waals surface area contributed by atoms with E-state index in [-0.39, 0.29) is 17.0 Å². The van der Waals surface area contributed by atoms with Gasteiger partial charge in [0, 0.05) is 44.1 Å². The normalized spacial score (nSPS) is 17.0. The van der Waals surface area contributed by atoms with Crippen LogP contribution in [0.3, 0.4) is 0 Å². The highest BCUT2D eigenvalue weighted by molar-refractivity contribution is 14.2. The Morgan fingerprint density at radius 1 is 1.30 bits per heavy atom. The van der Waals surface area contributed by atoms with Gasteiger partial charge in [-0.2, -0.15) is 5.10 Å². The molecule has 3 rings (SSSR count). The van der Waals surface area contributed by atoms with Gasteiger partial charge < -0.3 is 4.90 Å². The molecule has 3 heterocycles. The number of hydrogen-bond donors (Lipinski definition) is 0. The summed E-state index contributed by atoms with van der Waals surface area (Å²) >= 11 is 8.47. The lowest BCUT2D eigenvalue weighted by atomic mass is 9.99. The van der Waals surface area contributed by atoms with Gasteiger partial charge in [-0.25, -0.2) is 4.45 Å². The molecule has 1 aliphatic heterocycles. The van der Waals surface area contributed by atoms with Gasteiger partial charge in [0.25, 0.3) is 5.56 Å². The van der Waals surface area contributed by atoms with E-state index in [1.165, 1.54) is 15.7 Å². The lowest BCUT2D eigenvalue weighted by molar-refractivity contribution is 0.180. The van der Waals surface area contributed by atoms with Crippen molar-refractivity contribution in [1.82, 2.24) is 19.4 Å². The molecule has 9 heteroatoms. The van der Waals surface area contributed by atoms with E-state index >= 15 is 0 Å². The Balaban J connectivity index is 1.75. The van der Waals surface area contributed by atoms with E-state index < -0.39 is 0 Å². The van der Waals surface area contributed by atoms with Crippen molar-refractivity contribution in [2.24, 2.45) is 0 Å². The van der Waals surface area contributed by atoms with E-state index in [0.29, 0.717) is 6.04 Å². The maximum Gasteiger partial charge on any atom is 0.291 e. The molecular weight excluding hydrogens is 496 g/mol. The number of piperazine rings is 1. The van der Waals surface area contributed by atoms with Crippen LogP contribution in [0.4, 0.5) is 5.69 Å². The summed E-state index contributed by atoms with van der Waals surface area (Å²) in [5, 5.41) is 4.51. The van der Waals surface area contributed by atoms with Crippen molar-refractivity contribution in [1.29, 1.82) is 0 Å². The molecule has 2 aromatic heterocycles. The molecule has 0 aliphatic carbocycles. The molecule has 0 N–H and O–H groups in total. The fraction of sp³-hybridized carbons (Fsp3) is 0.500. The van der Waals surface area contributed by atoms with Gasteiger partial charge in [-0.05, 0) is 46.5 Å².